The van der Waals surface area contributed by atoms with Gasteiger partial charge in [0.1, 0.15) is 11.5 Å². The molecule has 0 spiro atoms. The summed E-state index contributed by atoms with van der Waals surface area (Å²) in [5.74, 6) is 1.40. The van der Waals surface area contributed by atoms with Gasteiger partial charge in [-0.2, -0.15) is 0 Å². The van der Waals surface area contributed by atoms with E-state index in [2.05, 4.69) is 5.32 Å². The van der Waals surface area contributed by atoms with Crippen LogP contribution in [0, 0.1) is 0 Å². The second-order valence-electron chi connectivity index (χ2n) is 5.71. The second-order valence-corrected chi connectivity index (χ2v) is 6.15. The third-order valence-corrected chi connectivity index (χ3v) is 4.11. The zero-order valence-corrected chi connectivity index (χ0v) is 15.4. The predicted octanol–water partition coefficient (Wildman–Crippen LogP) is 4.26. The van der Waals surface area contributed by atoms with E-state index in [0.29, 0.717) is 23.7 Å². The fourth-order valence-electron chi connectivity index (χ4n) is 2.41. The van der Waals surface area contributed by atoms with Gasteiger partial charge in [0.15, 0.2) is 6.10 Å². The number of carbonyl (C=O) groups is 1. The molecule has 25 heavy (non-hydrogen) atoms. The third kappa shape index (κ3) is 6.31. The number of hydrogen-bond donors (Lipinski definition) is 1. The highest BCUT2D eigenvalue weighted by atomic mass is 35.5. The number of methoxy groups -OCH3 is 1. The molecule has 4 nitrogen and oxygen atoms in total. The Kier molecular flexibility index (Phi) is 7.61. The third-order valence-electron chi connectivity index (χ3n) is 3.86. The van der Waals surface area contributed by atoms with Crippen molar-refractivity contribution in [2.45, 2.75) is 32.3 Å². The topological polar surface area (TPSA) is 47.6 Å². The van der Waals surface area contributed by atoms with Crippen LogP contribution in [0.4, 0.5) is 0 Å². The maximum Gasteiger partial charge on any atom is 0.261 e. The lowest BCUT2D eigenvalue weighted by molar-refractivity contribution is -0.128. The minimum absolute atomic E-state index is 0.0906. The second kappa shape index (κ2) is 9.94. The van der Waals surface area contributed by atoms with Crippen LogP contribution in [-0.2, 0) is 11.2 Å². The molecule has 0 aliphatic carbocycles. The summed E-state index contributed by atoms with van der Waals surface area (Å²) in [5.41, 5.74) is 1.22. The summed E-state index contributed by atoms with van der Waals surface area (Å²) in [6.45, 7) is 2.54. The van der Waals surface area contributed by atoms with Gasteiger partial charge in [0.25, 0.3) is 5.91 Å². The first kappa shape index (κ1) is 19.1. The number of rotatable bonds is 9. The number of hydrogen-bond acceptors (Lipinski definition) is 3. The van der Waals surface area contributed by atoms with Crippen LogP contribution in [0.3, 0.4) is 0 Å². The Morgan fingerprint density at radius 3 is 2.32 bits per heavy atom. The summed E-state index contributed by atoms with van der Waals surface area (Å²) in [7, 11) is 1.65. The van der Waals surface area contributed by atoms with Crippen LogP contribution in [0.15, 0.2) is 48.5 Å². The number of benzene rings is 2. The van der Waals surface area contributed by atoms with Gasteiger partial charge >= 0.3 is 0 Å². The first-order chi connectivity index (χ1) is 12.1. The summed E-state index contributed by atoms with van der Waals surface area (Å²) >= 11 is 5.85. The molecule has 0 saturated heterocycles. The minimum atomic E-state index is -0.498. The average Bonchev–Trinajstić information content (AvgIpc) is 2.65. The van der Waals surface area contributed by atoms with Gasteiger partial charge in [0.05, 0.1) is 7.11 Å². The normalized spacial score (nSPS) is 11.6. The van der Waals surface area contributed by atoms with Crippen molar-refractivity contribution in [3.8, 4) is 11.5 Å². The zero-order valence-electron chi connectivity index (χ0n) is 14.6. The summed E-state index contributed by atoms with van der Waals surface area (Å²) in [6, 6.07) is 15.0. The molecule has 0 heterocycles. The van der Waals surface area contributed by atoms with Crippen molar-refractivity contribution >= 4 is 17.5 Å². The number of nitrogens with one attached hydrogen (secondary N) is 1. The van der Waals surface area contributed by atoms with Gasteiger partial charge < -0.3 is 14.8 Å². The van der Waals surface area contributed by atoms with Crippen molar-refractivity contribution in [2.24, 2.45) is 0 Å². The molecule has 0 bridgehead atoms. The van der Waals surface area contributed by atoms with Gasteiger partial charge in [-0.25, -0.2) is 0 Å². The summed E-state index contributed by atoms with van der Waals surface area (Å²) in [6.07, 6.45) is 1.88. The highest BCUT2D eigenvalue weighted by molar-refractivity contribution is 6.30. The molecule has 1 amide bonds. The molecule has 0 aliphatic heterocycles. The molecule has 0 aliphatic rings. The maximum atomic E-state index is 12.3. The number of ether oxygens (including phenoxy) is 2. The van der Waals surface area contributed by atoms with Crippen LogP contribution >= 0.6 is 11.6 Å². The number of carbonyl (C=O) groups excluding carboxylic acids is 1. The smallest absolute Gasteiger partial charge is 0.261 e. The maximum absolute atomic E-state index is 12.3. The molecule has 0 radical (unpaired) electrons. The molecule has 2 aromatic carbocycles. The molecule has 134 valence electrons. The lowest BCUT2D eigenvalue weighted by Gasteiger charge is -2.17. The zero-order chi connectivity index (χ0) is 18.1. The van der Waals surface area contributed by atoms with Crippen molar-refractivity contribution in [3.63, 3.8) is 0 Å². The van der Waals surface area contributed by atoms with Crippen LogP contribution < -0.4 is 14.8 Å². The molecule has 0 unspecified atom stereocenters. The number of aryl methyl sites for hydroxylation is 1. The molecule has 5 heteroatoms. The molecule has 0 fully saturated rings. The molecule has 2 rings (SSSR count). The fourth-order valence-corrected chi connectivity index (χ4v) is 2.54. The van der Waals surface area contributed by atoms with Crippen LogP contribution in [0.25, 0.3) is 0 Å². The van der Waals surface area contributed by atoms with Gasteiger partial charge in [0.2, 0.25) is 0 Å². The predicted molar refractivity (Wildman–Crippen MR) is 100 cm³/mol. The monoisotopic (exact) mass is 361 g/mol. The van der Waals surface area contributed by atoms with Crippen LogP contribution in [0.1, 0.15) is 25.3 Å². The SMILES string of the molecule is CC[C@H](Oc1ccc(Cl)cc1)C(=O)NCCCc1ccc(OC)cc1. The summed E-state index contributed by atoms with van der Waals surface area (Å²) < 4.78 is 10.9. The minimum Gasteiger partial charge on any atom is -0.497 e. The van der Waals surface area contributed by atoms with Crippen molar-refractivity contribution in [1.29, 1.82) is 0 Å². The van der Waals surface area contributed by atoms with E-state index >= 15 is 0 Å². The Morgan fingerprint density at radius 2 is 1.72 bits per heavy atom. The molecule has 1 N–H and O–H groups in total. The van der Waals surface area contributed by atoms with E-state index in [-0.39, 0.29) is 5.91 Å². The lowest BCUT2D eigenvalue weighted by atomic mass is 10.1. The van der Waals surface area contributed by atoms with Crippen molar-refractivity contribution in [3.05, 3.63) is 59.1 Å². The molecule has 0 aromatic heterocycles. The van der Waals surface area contributed by atoms with Crippen molar-refractivity contribution in [1.82, 2.24) is 5.32 Å². The van der Waals surface area contributed by atoms with Crippen LogP contribution in [0.2, 0.25) is 5.02 Å². The highest BCUT2D eigenvalue weighted by Crippen LogP contribution is 2.17. The molecule has 2 aromatic rings. The van der Waals surface area contributed by atoms with Gasteiger partial charge in [-0.1, -0.05) is 30.7 Å². The molecular weight excluding hydrogens is 338 g/mol. The standard InChI is InChI=1S/C20H24ClNO3/c1-3-19(25-18-12-8-16(21)9-13-18)20(23)22-14-4-5-15-6-10-17(24-2)11-7-15/h6-13,19H,3-5,14H2,1-2H3,(H,22,23)/t19-/m0/s1. The molecular formula is C20H24ClNO3. The van der Waals surface area contributed by atoms with Crippen LogP contribution in [-0.4, -0.2) is 25.7 Å². The van der Waals surface area contributed by atoms with Gasteiger partial charge in [0, 0.05) is 11.6 Å². The van der Waals surface area contributed by atoms with E-state index in [1.54, 1.807) is 31.4 Å². The average molecular weight is 362 g/mol. The highest BCUT2D eigenvalue weighted by Gasteiger charge is 2.17. The van der Waals surface area contributed by atoms with Gasteiger partial charge in [-0.3, -0.25) is 4.79 Å². The van der Waals surface area contributed by atoms with Crippen molar-refractivity contribution in [2.75, 3.05) is 13.7 Å². The van der Waals surface area contributed by atoms with E-state index < -0.39 is 6.10 Å². The van der Waals surface area contributed by atoms with Gasteiger partial charge in [-0.05, 0) is 61.2 Å². The lowest BCUT2D eigenvalue weighted by Crippen LogP contribution is -2.38. The first-order valence-electron chi connectivity index (χ1n) is 8.45. The fraction of sp³-hybridized carbons (Fsp3) is 0.350. The Hall–Kier alpha value is -2.20. The van der Waals surface area contributed by atoms with E-state index in [1.807, 2.05) is 31.2 Å². The van der Waals surface area contributed by atoms with Gasteiger partial charge in [-0.15, -0.1) is 0 Å². The van der Waals surface area contributed by atoms with E-state index in [0.717, 1.165) is 18.6 Å². The summed E-state index contributed by atoms with van der Waals surface area (Å²) in [4.78, 5) is 12.3. The van der Waals surface area contributed by atoms with E-state index in [4.69, 9.17) is 21.1 Å². The summed E-state index contributed by atoms with van der Waals surface area (Å²) in [5, 5.41) is 3.59. The van der Waals surface area contributed by atoms with E-state index in [1.165, 1.54) is 5.56 Å². The van der Waals surface area contributed by atoms with Crippen LogP contribution in [0.5, 0.6) is 11.5 Å². The molecule has 1 atom stereocenters. The largest absolute Gasteiger partial charge is 0.497 e. The van der Waals surface area contributed by atoms with Crippen molar-refractivity contribution < 1.29 is 14.3 Å². The number of halogens is 1. The Balaban J connectivity index is 1.74. The first-order valence-corrected chi connectivity index (χ1v) is 8.83. The number of amides is 1. The molecule has 0 saturated carbocycles. The Morgan fingerprint density at radius 1 is 1.08 bits per heavy atom. The Bertz CT molecular complexity index is 656. The quantitative estimate of drug-likeness (QED) is 0.679. The van der Waals surface area contributed by atoms with E-state index in [9.17, 15) is 4.79 Å². The Labute approximate surface area is 154 Å².